The molecule has 0 atom stereocenters. The van der Waals surface area contributed by atoms with Gasteiger partial charge in [0.05, 0.1) is 12.2 Å². The van der Waals surface area contributed by atoms with Crippen molar-refractivity contribution in [2.75, 3.05) is 20.8 Å². The smallest absolute Gasteiger partial charge is 0.345 e. The minimum absolute atomic E-state index is 0.273. The van der Waals surface area contributed by atoms with Crippen molar-refractivity contribution < 1.29 is 18.0 Å². The summed E-state index contributed by atoms with van der Waals surface area (Å²) in [6, 6.07) is 11.1. The van der Waals surface area contributed by atoms with Crippen LogP contribution in [0.25, 0.3) is 21.4 Å². The lowest BCUT2D eigenvalue weighted by Crippen LogP contribution is -2.35. The first kappa shape index (κ1) is 30.6. The zero-order valence-corrected chi connectivity index (χ0v) is 25.8. The fourth-order valence-corrected chi connectivity index (χ4v) is 7.48. The Bertz CT molecular complexity index is 1180. The average molecular weight is 559 g/mol. The second-order valence-electron chi connectivity index (χ2n) is 10.3. The van der Waals surface area contributed by atoms with E-state index in [0.717, 1.165) is 54.2 Å². The Morgan fingerprint density at radius 2 is 1.63 bits per heavy atom. The van der Waals surface area contributed by atoms with Crippen LogP contribution < -0.4 is 10.4 Å². The maximum absolute atomic E-state index is 13.0. The fourth-order valence-electron chi connectivity index (χ4n) is 4.72. The zero-order chi connectivity index (χ0) is 27.4. The van der Waals surface area contributed by atoms with Crippen LogP contribution >= 0.6 is 11.3 Å². The summed E-state index contributed by atoms with van der Waals surface area (Å²) in [5.41, 5.74) is 2.21. The number of aryl methyl sites for hydroxylation is 2. The molecule has 0 saturated heterocycles. The highest BCUT2D eigenvalue weighted by Crippen LogP contribution is 2.34. The maximum Gasteiger partial charge on any atom is 0.345 e. The summed E-state index contributed by atoms with van der Waals surface area (Å²) in [6.45, 7) is 7.16. The molecule has 5 nitrogen and oxygen atoms in total. The predicted molar refractivity (Wildman–Crippen MR) is 162 cm³/mol. The van der Waals surface area contributed by atoms with Crippen molar-refractivity contribution in [1.82, 2.24) is 0 Å². The zero-order valence-electron chi connectivity index (χ0n) is 24.0. The number of hydrogen-bond donors (Lipinski definition) is 0. The van der Waals surface area contributed by atoms with Crippen LogP contribution in [0.3, 0.4) is 0 Å². The number of benzene rings is 1. The first-order chi connectivity index (χ1) is 18.4. The molecule has 0 amide bonds. The molecule has 0 saturated carbocycles. The molecule has 0 N–H and O–H groups in total. The van der Waals surface area contributed by atoms with Crippen LogP contribution in [-0.4, -0.2) is 29.4 Å². The summed E-state index contributed by atoms with van der Waals surface area (Å²) in [5, 5.41) is 0.927. The summed E-state index contributed by atoms with van der Waals surface area (Å²) < 4.78 is 22.8. The monoisotopic (exact) mass is 558 g/mol. The number of hydrogen-bond acceptors (Lipinski definition) is 6. The minimum Gasteiger partial charge on any atom is -0.493 e. The molecule has 0 radical (unpaired) electrons. The van der Waals surface area contributed by atoms with Crippen LogP contribution in [0.5, 0.6) is 5.75 Å². The fraction of sp³-hybridized carbons (Fsp3) is 0.581. The van der Waals surface area contributed by atoms with Gasteiger partial charge in [0.1, 0.15) is 11.3 Å². The van der Waals surface area contributed by atoms with E-state index in [1.165, 1.54) is 49.0 Å². The highest BCUT2D eigenvalue weighted by Gasteiger charge is 2.27. The number of fused-ring (bicyclic) bond motifs is 1. The van der Waals surface area contributed by atoms with Crippen molar-refractivity contribution in [2.45, 2.75) is 97.1 Å². The first-order valence-electron chi connectivity index (χ1n) is 14.4. The van der Waals surface area contributed by atoms with E-state index < -0.39 is 8.56 Å². The molecule has 3 rings (SSSR count). The van der Waals surface area contributed by atoms with Crippen molar-refractivity contribution in [3.05, 3.63) is 51.2 Å². The quantitative estimate of drug-likeness (QED) is 0.0886. The van der Waals surface area contributed by atoms with Gasteiger partial charge in [-0.05, 0) is 68.1 Å². The van der Waals surface area contributed by atoms with E-state index >= 15 is 0 Å². The van der Waals surface area contributed by atoms with Gasteiger partial charge >= 0.3 is 14.2 Å². The summed E-state index contributed by atoms with van der Waals surface area (Å²) in [7, 11) is 1.60. The van der Waals surface area contributed by atoms with Crippen molar-refractivity contribution >= 4 is 30.9 Å². The lowest BCUT2D eigenvalue weighted by molar-refractivity contribution is 0.248. The number of unbranched alkanes of at least 4 members (excludes halogenated alkanes) is 7. The SMILES string of the molecule is CCCCCc1cc(CC)c(-c2cc3ccc(OCCCCCCCC[Si](C)(OC)OC)cc3oc2=O)s1. The molecule has 2 heterocycles. The molecule has 38 heavy (non-hydrogen) atoms. The van der Waals surface area contributed by atoms with Gasteiger partial charge in [-0.2, -0.15) is 0 Å². The van der Waals surface area contributed by atoms with E-state index in [4.69, 9.17) is 18.0 Å². The molecule has 210 valence electrons. The van der Waals surface area contributed by atoms with E-state index in [1.807, 2.05) is 24.3 Å². The van der Waals surface area contributed by atoms with Gasteiger partial charge in [-0.15, -0.1) is 11.3 Å². The average Bonchev–Trinajstić information content (AvgIpc) is 3.34. The molecule has 0 aliphatic heterocycles. The maximum atomic E-state index is 13.0. The molecule has 3 aromatic rings. The highest BCUT2D eigenvalue weighted by atomic mass is 32.1. The Morgan fingerprint density at radius 3 is 2.34 bits per heavy atom. The van der Waals surface area contributed by atoms with Gasteiger partial charge in [0.25, 0.3) is 0 Å². The minimum atomic E-state index is -1.92. The Kier molecular flexibility index (Phi) is 12.6. The summed E-state index contributed by atoms with van der Waals surface area (Å²) in [5.74, 6) is 0.750. The molecule has 2 aromatic heterocycles. The van der Waals surface area contributed by atoms with Gasteiger partial charge in [-0.3, -0.25) is 0 Å². The van der Waals surface area contributed by atoms with Gasteiger partial charge in [-0.1, -0.05) is 58.8 Å². The Balaban J connectivity index is 1.50. The summed E-state index contributed by atoms with van der Waals surface area (Å²) >= 11 is 1.74. The molecule has 0 aliphatic carbocycles. The van der Waals surface area contributed by atoms with E-state index in [1.54, 1.807) is 25.6 Å². The van der Waals surface area contributed by atoms with E-state index in [9.17, 15) is 4.79 Å². The molecule has 0 spiro atoms. The Labute approximate surface area is 233 Å². The van der Waals surface area contributed by atoms with Crippen molar-refractivity contribution in [3.8, 4) is 16.2 Å². The summed E-state index contributed by atoms with van der Waals surface area (Å²) in [6.07, 6.45) is 12.6. The van der Waals surface area contributed by atoms with Gasteiger partial charge < -0.3 is 18.0 Å². The molecule has 7 heteroatoms. The predicted octanol–water partition coefficient (Wildman–Crippen LogP) is 8.90. The number of ether oxygens (including phenoxy) is 1. The Hall–Kier alpha value is -1.93. The van der Waals surface area contributed by atoms with E-state index in [2.05, 4.69) is 26.5 Å². The first-order valence-corrected chi connectivity index (χ1v) is 17.7. The third-order valence-electron chi connectivity index (χ3n) is 7.38. The molecule has 1 aromatic carbocycles. The van der Waals surface area contributed by atoms with Crippen LogP contribution in [-0.2, 0) is 21.7 Å². The molecular formula is C31H46O5SSi. The van der Waals surface area contributed by atoms with Crippen LogP contribution in [0, 0.1) is 0 Å². The Morgan fingerprint density at radius 1 is 0.895 bits per heavy atom. The van der Waals surface area contributed by atoms with Crippen molar-refractivity contribution in [2.24, 2.45) is 0 Å². The third kappa shape index (κ3) is 8.80. The molecular weight excluding hydrogens is 512 g/mol. The summed E-state index contributed by atoms with van der Waals surface area (Å²) in [4.78, 5) is 15.4. The lowest BCUT2D eigenvalue weighted by Gasteiger charge is -2.22. The molecule has 0 aliphatic rings. The van der Waals surface area contributed by atoms with E-state index in [0.29, 0.717) is 17.8 Å². The number of thiophene rings is 1. The lowest BCUT2D eigenvalue weighted by atomic mass is 10.1. The molecule has 0 fully saturated rings. The normalized spacial score (nSPS) is 11.9. The van der Waals surface area contributed by atoms with Crippen LogP contribution in [0.2, 0.25) is 12.6 Å². The molecule has 0 bridgehead atoms. The van der Waals surface area contributed by atoms with E-state index in [-0.39, 0.29) is 5.63 Å². The topological polar surface area (TPSA) is 57.9 Å². The van der Waals surface area contributed by atoms with Crippen LogP contribution in [0.15, 0.2) is 39.5 Å². The van der Waals surface area contributed by atoms with Gasteiger partial charge in [0.2, 0.25) is 0 Å². The second-order valence-corrected chi connectivity index (χ2v) is 15.0. The largest absolute Gasteiger partial charge is 0.493 e. The van der Waals surface area contributed by atoms with Crippen molar-refractivity contribution in [1.29, 1.82) is 0 Å². The third-order valence-corrected chi connectivity index (χ3v) is 11.6. The molecule has 0 unspecified atom stereocenters. The van der Waals surface area contributed by atoms with Gasteiger partial charge in [-0.25, -0.2) is 4.79 Å². The standard InChI is InChI=1S/C31H46O5SSi/c1-6-8-13-16-27-21-24(7-2)30(37-27)28-22-25-17-18-26(23-29(25)36-31(28)32)35-19-14-11-9-10-12-15-20-38(5,33-3)34-4/h17-18,21-23H,6-16,19-20H2,1-5H3. The van der Waals surface area contributed by atoms with Crippen molar-refractivity contribution in [3.63, 3.8) is 0 Å². The highest BCUT2D eigenvalue weighted by molar-refractivity contribution is 7.15. The van der Waals surface area contributed by atoms with Crippen LogP contribution in [0.1, 0.15) is 82.1 Å². The van der Waals surface area contributed by atoms with Gasteiger partial charge in [0, 0.05) is 35.4 Å². The second kappa shape index (κ2) is 15.6. The van der Waals surface area contributed by atoms with Gasteiger partial charge in [0.15, 0.2) is 0 Å². The number of rotatable bonds is 18. The van der Waals surface area contributed by atoms with Crippen LogP contribution in [0.4, 0.5) is 0 Å².